The van der Waals surface area contributed by atoms with Crippen LogP contribution < -0.4 is 0 Å². The van der Waals surface area contributed by atoms with Crippen molar-refractivity contribution in [2.45, 2.75) is 77.3 Å². The number of hydrogen-bond donors (Lipinski definition) is 0. The Morgan fingerprint density at radius 1 is 1.28 bits per heavy atom. The molecule has 0 aromatic heterocycles. The molecule has 3 fully saturated rings. The molecule has 0 aromatic rings. The second-order valence-electron chi connectivity index (χ2n) is 10.5. The highest BCUT2D eigenvalue weighted by molar-refractivity contribution is 5.92. The van der Waals surface area contributed by atoms with Crippen molar-refractivity contribution in [3.05, 3.63) is 23.3 Å². The molecule has 0 bridgehead atoms. The molecule has 1 heterocycles. The van der Waals surface area contributed by atoms with E-state index >= 15 is 0 Å². The van der Waals surface area contributed by atoms with Crippen LogP contribution in [-0.4, -0.2) is 35.7 Å². The minimum atomic E-state index is -1.19. The van der Waals surface area contributed by atoms with Crippen LogP contribution in [0.5, 0.6) is 0 Å². The zero-order valence-electron chi connectivity index (χ0n) is 17.8. The maximum atomic E-state index is 13.8. The second kappa shape index (κ2) is 6.10. The van der Waals surface area contributed by atoms with Crippen molar-refractivity contribution < 1.29 is 23.5 Å². The van der Waals surface area contributed by atoms with Gasteiger partial charge in [0.25, 0.3) is 0 Å². The number of carbonyl (C=O) groups excluding carboxylic acids is 2. The van der Waals surface area contributed by atoms with Crippen LogP contribution in [0.15, 0.2) is 23.3 Å². The quantitative estimate of drug-likeness (QED) is 0.690. The molecule has 0 radical (unpaired) electrons. The molecule has 0 aromatic carbocycles. The van der Waals surface area contributed by atoms with Gasteiger partial charge in [-0.25, -0.2) is 4.39 Å². The fraction of sp³-hybridized carbons (Fsp3) is 0.750. The van der Waals surface area contributed by atoms with Gasteiger partial charge in [-0.3, -0.25) is 9.59 Å². The third-order valence-electron chi connectivity index (χ3n) is 8.75. The number of allylic oxidation sites excluding steroid dienone is 4. The lowest BCUT2D eigenvalue weighted by molar-refractivity contribution is -0.211. The number of ketones is 2. The summed E-state index contributed by atoms with van der Waals surface area (Å²) >= 11 is 0. The molecule has 5 rings (SSSR count). The van der Waals surface area contributed by atoms with E-state index in [-0.39, 0.29) is 11.7 Å². The minimum Gasteiger partial charge on any atom is -0.344 e. The number of rotatable bonds is 2. The second-order valence-corrected chi connectivity index (χ2v) is 10.5. The van der Waals surface area contributed by atoms with Crippen molar-refractivity contribution in [3.63, 3.8) is 0 Å². The molecule has 158 valence electrons. The van der Waals surface area contributed by atoms with Crippen LogP contribution in [0.2, 0.25) is 0 Å². The molecule has 7 atom stereocenters. The lowest BCUT2D eigenvalue weighted by Crippen LogP contribution is -2.60. The molecule has 5 heteroatoms. The minimum absolute atomic E-state index is 0.215. The molecule has 1 unspecified atom stereocenters. The predicted molar refractivity (Wildman–Crippen MR) is 106 cm³/mol. The van der Waals surface area contributed by atoms with Gasteiger partial charge >= 0.3 is 0 Å². The van der Waals surface area contributed by atoms with E-state index in [9.17, 15) is 14.0 Å². The van der Waals surface area contributed by atoms with Crippen molar-refractivity contribution in [1.29, 1.82) is 0 Å². The predicted octanol–water partition coefficient (Wildman–Crippen LogP) is 4.33. The summed E-state index contributed by atoms with van der Waals surface area (Å²) in [5.41, 5.74) is 0.769. The monoisotopic (exact) mass is 402 g/mol. The van der Waals surface area contributed by atoms with E-state index in [4.69, 9.17) is 9.47 Å². The number of ether oxygens (including phenoxy) is 2. The van der Waals surface area contributed by atoms with Crippen molar-refractivity contribution in [2.24, 2.45) is 29.1 Å². The molecule has 29 heavy (non-hydrogen) atoms. The number of alkyl halides is 1. The van der Waals surface area contributed by atoms with Crippen LogP contribution in [0.1, 0.15) is 59.8 Å². The fourth-order valence-electron chi connectivity index (χ4n) is 7.68. The van der Waals surface area contributed by atoms with E-state index < -0.39 is 35.4 Å². The van der Waals surface area contributed by atoms with Gasteiger partial charge in [-0.15, -0.1) is 0 Å². The van der Waals surface area contributed by atoms with Crippen molar-refractivity contribution in [2.75, 3.05) is 6.67 Å². The van der Waals surface area contributed by atoms with Gasteiger partial charge in [-0.05, 0) is 81.8 Å². The summed E-state index contributed by atoms with van der Waals surface area (Å²) in [4.78, 5) is 25.0. The Hall–Kier alpha value is -1.33. The smallest absolute Gasteiger partial charge is 0.198 e. The average Bonchev–Trinajstić information content (AvgIpc) is 3.08. The molecule has 0 amide bonds. The molecule has 5 aliphatic rings. The summed E-state index contributed by atoms with van der Waals surface area (Å²) in [7, 11) is 0. The van der Waals surface area contributed by atoms with E-state index in [1.165, 1.54) is 11.1 Å². The Morgan fingerprint density at radius 3 is 2.76 bits per heavy atom. The van der Waals surface area contributed by atoms with Gasteiger partial charge in [-0.1, -0.05) is 18.6 Å². The van der Waals surface area contributed by atoms with Gasteiger partial charge in [0.15, 0.2) is 29.6 Å². The number of halogens is 1. The van der Waals surface area contributed by atoms with Crippen molar-refractivity contribution >= 4 is 11.6 Å². The lowest BCUT2D eigenvalue weighted by atomic mass is 9.51. The summed E-state index contributed by atoms with van der Waals surface area (Å²) < 4.78 is 26.3. The highest BCUT2D eigenvalue weighted by Crippen LogP contribution is 2.68. The number of hydrogen-bond acceptors (Lipinski definition) is 4. The lowest BCUT2D eigenvalue weighted by Gasteiger charge is -2.54. The normalized spacial score (nSPS) is 47.5. The average molecular weight is 403 g/mol. The first-order chi connectivity index (χ1) is 13.6. The maximum absolute atomic E-state index is 13.8. The topological polar surface area (TPSA) is 52.6 Å². The Morgan fingerprint density at radius 2 is 2.03 bits per heavy atom. The Bertz CT molecular complexity index is 842. The van der Waals surface area contributed by atoms with Gasteiger partial charge in [0.05, 0.1) is 6.10 Å². The Balaban J connectivity index is 1.58. The molecule has 0 spiro atoms. The zero-order valence-corrected chi connectivity index (χ0v) is 17.8. The van der Waals surface area contributed by atoms with Gasteiger partial charge < -0.3 is 9.47 Å². The summed E-state index contributed by atoms with van der Waals surface area (Å²) in [6.45, 7) is 6.87. The van der Waals surface area contributed by atoms with Gasteiger partial charge in [0.2, 0.25) is 0 Å². The first-order valence-corrected chi connectivity index (χ1v) is 11.0. The molecular weight excluding hydrogens is 371 g/mol. The highest BCUT2D eigenvalue weighted by atomic mass is 19.1. The number of carbonyl (C=O) groups is 2. The Kier molecular flexibility index (Phi) is 4.13. The van der Waals surface area contributed by atoms with Crippen LogP contribution >= 0.6 is 0 Å². The Labute approximate surface area is 171 Å². The zero-order chi connectivity index (χ0) is 20.8. The first kappa shape index (κ1) is 19.6. The molecule has 1 saturated heterocycles. The molecule has 0 N–H and O–H groups in total. The first-order valence-electron chi connectivity index (χ1n) is 11.0. The third-order valence-corrected chi connectivity index (χ3v) is 8.75. The summed E-state index contributed by atoms with van der Waals surface area (Å²) in [6, 6.07) is 0. The van der Waals surface area contributed by atoms with Crippen LogP contribution in [0, 0.1) is 29.1 Å². The molecule has 1 aliphatic heterocycles. The standard InChI is InChI=1S/C24H31FO4/c1-13-9-18-16(15-6-5-14(26)10-17(13)15)7-8-23(4)19(18)11-21-24(23,20(27)12-25)29-22(2,3)28-21/h9-10,15-16,18-19,21H,5-8,11-12H2,1-4H3/t15-,16-,18-,19+,21?,23+,24-/m1/s1. The van der Waals surface area contributed by atoms with Gasteiger partial charge in [0.1, 0.15) is 0 Å². The van der Waals surface area contributed by atoms with E-state index in [0.717, 1.165) is 25.7 Å². The number of Topliss-reactive ketones (excluding diaryl/α,β-unsaturated/α-hetero) is 1. The van der Waals surface area contributed by atoms with Crippen molar-refractivity contribution in [3.8, 4) is 0 Å². The van der Waals surface area contributed by atoms with Crippen LogP contribution in [0.3, 0.4) is 0 Å². The van der Waals surface area contributed by atoms with E-state index in [2.05, 4.69) is 19.9 Å². The van der Waals surface area contributed by atoms with Crippen molar-refractivity contribution in [1.82, 2.24) is 0 Å². The SMILES string of the molecule is CC1=C[C@@H]2[C@H](CC[C@@]3(C)[C@H]2CC2OC(C)(C)O[C@]23C(=O)CF)[C@H]2CCC(=O)C=C12. The maximum Gasteiger partial charge on any atom is 0.198 e. The summed E-state index contributed by atoms with van der Waals surface area (Å²) in [6.07, 6.45) is 7.84. The van der Waals surface area contributed by atoms with Gasteiger partial charge in [-0.2, -0.15) is 0 Å². The van der Waals surface area contributed by atoms with Crippen LogP contribution in [0.25, 0.3) is 0 Å². The van der Waals surface area contributed by atoms with Gasteiger partial charge in [0, 0.05) is 11.8 Å². The molecule has 4 nitrogen and oxygen atoms in total. The number of fused-ring (bicyclic) bond motifs is 7. The van der Waals surface area contributed by atoms with E-state index in [0.29, 0.717) is 24.2 Å². The fourth-order valence-corrected chi connectivity index (χ4v) is 7.68. The van der Waals surface area contributed by atoms with Crippen LogP contribution in [-0.2, 0) is 19.1 Å². The van der Waals surface area contributed by atoms with E-state index in [1.54, 1.807) is 0 Å². The van der Waals surface area contributed by atoms with Crippen LogP contribution in [0.4, 0.5) is 4.39 Å². The molecule has 2 saturated carbocycles. The van der Waals surface area contributed by atoms with E-state index in [1.807, 2.05) is 19.9 Å². The molecule has 4 aliphatic carbocycles. The summed E-state index contributed by atoms with van der Waals surface area (Å²) in [5, 5.41) is 0. The third kappa shape index (κ3) is 2.43. The largest absolute Gasteiger partial charge is 0.344 e. The molecular formula is C24H31FO4. The highest BCUT2D eigenvalue weighted by Gasteiger charge is 2.75. The summed E-state index contributed by atoms with van der Waals surface area (Å²) in [5.74, 6) is 0.311.